The Bertz CT molecular complexity index is 239. The summed E-state index contributed by atoms with van der Waals surface area (Å²) < 4.78 is 0. The number of hydrogen-bond donors (Lipinski definition) is 0. The van der Waals surface area contributed by atoms with E-state index >= 15 is 0 Å². The first-order chi connectivity index (χ1) is 5.14. The second-order valence-electron chi connectivity index (χ2n) is 4.06. The van der Waals surface area contributed by atoms with Crippen LogP contribution in [0.4, 0.5) is 0 Å². The van der Waals surface area contributed by atoms with Crippen molar-refractivity contribution in [3.8, 4) is 0 Å². The zero-order chi connectivity index (χ0) is 8.06. The SMILES string of the molecule is CC1=CCC2C(=O)CCC12C. The van der Waals surface area contributed by atoms with Crippen molar-refractivity contribution in [3.05, 3.63) is 11.6 Å². The third-order valence-corrected chi connectivity index (χ3v) is 3.61. The van der Waals surface area contributed by atoms with Crippen LogP contribution in [0.1, 0.15) is 33.1 Å². The van der Waals surface area contributed by atoms with Crippen molar-refractivity contribution >= 4 is 5.78 Å². The first kappa shape index (κ1) is 7.08. The van der Waals surface area contributed by atoms with Crippen LogP contribution in [0.2, 0.25) is 0 Å². The number of ketones is 1. The van der Waals surface area contributed by atoms with Crippen molar-refractivity contribution in [3.63, 3.8) is 0 Å². The van der Waals surface area contributed by atoms with E-state index in [-0.39, 0.29) is 5.41 Å². The number of Topliss-reactive ketones (excluding diaryl/α,β-unsaturated/α-hetero) is 1. The fraction of sp³-hybridized carbons (Fsp3) is 0.700. The molecule has 0 aromatic carbocycles. The van der Waals surface area contributed by atoms with Gasteiger partial charge in [0.2, 0.25) is 0 Å². The zero-order valence-corrected chi connectivity index (χ0v) is 7.18. The zero-order valence-electron chi connectivity index (χ0n) is 7.18. The fourth-order valence-electron chi connectivity index (χ4n) is 2.48. The Labute approximate surface area is 67.5 Å². The molecular formula is C10H14O. The summed E-state index contributed by atoms with van der Waals surface area (Å²) in [6.07, 6.45) is 5.13. The predicted molar refractivity (Wildman–Crippen MR) is 44.2 cm³/mol. The van der Waals surface area contributed by atoms with Crippen LogP contribution in [0.15, 0.2) is 11.6 Å². The molecular weight excluding hydrogens is 136 g/mol. The molecule has 0 amide bonds. The minimum Gasteiger partial charge on any atom is -0.299 e. The van der Waals surface area contributed by atoms with Crippen LogP contribution in [0.3, 0.4) is 0 Å². The van der Waals surface area contributed by atoms with Crippen molar-refractivity contribution in [1.82, 2.24) is 0 Å². The van der Waals surface area contributed by atoms with E-state index in [0.29, 0.717) is 11.7 Å². The molecule has 0 N–H and O–H groups in total. The summed E-state index contributed by atoms with van der Waals surface area (Å²) in [4.78, 5) is 11.4. The first-order valence-electron chi connectivity index (χ1n) is 4.34. The summed E-state index contributed by atoms with van der Waals surface area (Å²) in [6, 6.07) is 0. The highest BCUT2D eigenvalue weighted by atomic mass is 16.1. The van der Waals surface area contributed by atoms with Gasteiger partial charge in [-0.25, -0.2) is 0 Å². The quantitative estimate of drug-likeness (QED) is 0.484. The van der Waals surface area contributed by atoms with Gasteiger partial charge < -0.3 is 0 Å². The van der Waals surface area contributed by atoms with E-state index in [1.165, 1.54) is 5.57 Å². The highest BCUT2D eigenvalue weighted by Gasteiger charge is 2.47. The first-order valence-corrected chi connectivity index (χ1v) is 4.34. The van der Waals surface area contributed by atoms with E-state index in [2.05, 4.69) is 19.9 Å². The summed E-state index contributed by atoms with van der Waals surface area (Å²) in [5, 5.41) is 0. The summed E-state index contributed by atoms with van der Waals surface area (Å²) in [5.74, 6) is 0.822. The molecule has 0 bridgehead atoms. The molecule has 1 nitrogen and oxygen atoms in total. The van der Waals surface area contributed by atoms with E-state index in [0.717, 1.165) is 19.3 Å². The van der Waals surface area contributed by atoms with Gasteiger partial charge in [-0.15, -0.1) is 0 Å². The lowest BCUT2D eigenvalue weighted by atomic mass is 9.78. The number of carbonyl (C=O) groups excluding carboxylic acids is 1. The van der Waals surface area contributed by atoms with Gasteiger partial charge >= 0.3 is 0 Å². The van der Waals surface area contributed by atoms with E-state index in [1.54, 1.807) is 0 Å². The number of carbonyl (C=O) groups is 1. The second-order valence-corrected chi connectivity index (χ2v) is 4.06. The van der Waals surface area contributed by atoms with Gasteiger partial charge in [-0.3, -0.25) is 4.79 Å². The Kier molecular flexibility index (Phi) is 1.26. The third-order valence-electron chi connectivity index (χ3n) is 3.61. The maximum atomic E-state index is 11.4. The predicted octanol–water partition coefficient (Wildman–Crippen LogP) is 2.32. The van der Waals surface area contributed by atoms with Gasteiger partial charge in [0.15, 0.2) is 0 Å². The summed E-state index contributed by atoms with van der Waals surface area (Å²) in [7, 11) is 0. The number of fused-ring (bicyclic) bond motifs is 1. The van der Waals surface area contributed by atoms with Gasteiger partial charge in [-0.2, -0.15) is 0 Å². The Morgan fingerprint density at radius 3 is 3.00 bits per heavy atom. The Morgan fingerprint density at radius 2 is 2.36 bits per heavy atom. The summed E-state index contributed by atoms with van der Waals surface area (Å²) in [6.45, 7) is 4.40. The fourth-order valence-corrected chi connectivity index (χ4v) is 2.48. The number of hydrogen-bond acceptors (Lipinski definition) is 1. The third kappa shape index (κ3) is 0.741. The molecule has 0 aliphatic heterocycles. The lowest BCUT2D eigenvalue weighted by Crippen LogP contribution is -2.21. The van der Waals surface area contributed by atoms with Crippen molar-refractivity contribution < 1.29 is 4.79 Å². The van der Waals surface area contributed by atoms with Crippen LogP contribution in [0.25, 0.3) is 0 Å². The molecule has 0 heterocycles. The maximum Gasteiger partial charge on any atom is 0.137 e. The lowest BCUT2D eigenvalue weighted by molar-refractivity contribution is -0.121. The Balaban J connectivity index is 2.37. The van der Waals surface area contributed by atoms with Crippen molar-refractivity contribution in [2.75, 3.05) is 0 Å². The normalized spacial score (nSPS) is 42.5. The van der Waals surface area contributed by atoms with Gasteiger partial charge in [0.05, 0.1) is 0 Å². The van der Waals surface area contributed by atoms with Crippen molar-refractivity contribution in [1.29, 1.82) is 0 Å². The molecule has 2 aliphatic carbocycles. The average molecular weight is 150 g/mol. The molecule has 2 aliphatic rings. The van der Waals surface area contributed by atoms with Crippen LogP contribution in [0, 0.1) is 11.3 Å². The Morgan fingerprint density at radius 1 is 1.64 bits per heavy atom. The Hall–Kier alpha value is -0.590. The molecule has 1 heteroatoms. The molecule has 0 radical (unpaired) electrons. The molecule has 2 atom stereocenters. The standard InChI is InChI=1S/C10H14O/c1-7-3-4-8-9(11)5-6-10(7,8)2/h3,8H,4-6H2,1-2H3. The van der Waals surface area contributed by atoms with Gasteiger partial charge in [0.25, 0.3) is 0 Å². The van der Waals surface area contributed by atoms with Gasteiger partial charge in [0, 0.05) is 12.3 Å². The molecule has 0 saturated heterocycles. The molecule has 0 aromatic heterocycles. The highest BCUT2D eigenvalue weighted by molar-refractivity contribution is 5.85. The van der Waals surface area contributed by atoms with Crippen LogP contribution < -0.4 is 0 Å². The highest BCUT2D eigenvalue weighted by Crippen LogP contribution is 2.52. The van der Waals surface area contributed by atoms with Crippen molar-refractivity contribution in [2.45, 2.75) is 33.1 Å². The minimum atomic E-state index is 0.247. The molecule has 2 unspecified atom stereocenters. The van der Waals surface area contributed by atoms with E-state index < -0.39 is 0 Å². The molecule has 1 saturated carbocycles. The van der Waals surface area contributed by atoms with Crippen molar-refractivity contribution in [2.24, 2.45) is 11.3 Å². The average Bonchev–Trinajstić information content (AvgIpc) is 2.39. The van der Waals surface area contributed by atoms with Gasteiger partial charge in [-0.1, -0.05) is 18.6 Å². The molecule has 1 fully saturated rings. The number of allylic oxidation sites excluding steroid dienone is 2. The second kappa shape index (κ2) is 1.96. The topological polar surface area (TPSA) is 17.1 Å². The lowest BCUT2D eigenvalue weighted by Gasteiger charge is -2.24. The molecule has 60 valence electrons. The van der Waals surface area contributed by atoms with Crippen LogP contribution in [-0.4, -0.2) is 5.78 Å². The van der Waals surface area contributed by atoms with E-state index in [4.69, 9.17) is 0 Å². The molecule has 11 heavy (non-hydrogen) atoms. The smallest absolute Gasteiger partial charge is 0.137 e. The monoisotopic (exact) mass is 150 g/mol. The number of rotatable bonds is 0. The largest absolute Gasteiger partial charge is 0.299 e. The molecule has 0 aromatic rings. The maximum absolute atomic E-state index is 11.4. The van der Waals surface area contributed by atoms with Gasteiger partial charge in [-0.05, 0) is 25.2 Å². The molecule has 0 spiro atoms. The van der Waals surface area contributed by atoms with E-state index in [1.807, 2.05) is 0 Å². The van der Waals surface area contributed by atoms with Gasteiger partial charge in [0.1, 0.15) is 5.78 Å². The molecule has 2 rings (SSSR count). The van der Waals surface area contributed by atoms with Crippen LogP contribution >= 0.6 is 0 Å². The van der Waals surface area contributed by atoms with Crippen LogP contribution in [-0.2, 0) is 4.79 Å². The summed E-state index contributed by atoms with van der Waals surface area (Å²) >= 11 is 0. The van der Waals surface area contributed by atoms with E-state index in [9.17, 15) is 4.79 Å². The summed E-state index contributed by atoms with van der Waals surface area (Å²) in [5.41, 5.74) is 1.69. The van der Waals surface area contributed by atoms with Crippen LogP contribution in [0.5, 0.6) is 0 Å². The minimum absolute atomic E-state index is 0.247.